The third kappa shape index (κ3) is 1.77. The van der Waals surface area contributed by atoms with E-state index >= 15 is 0 Å². The highest BCUT2D eigenvalue weighted by atomic mass is 35.5. The SMILES string of the molecule is CC(=N)c1ccc(F)cc1Cl. The Morgan fingerprint density at radius 3 is 2.64 bits per heavy atom. The molecule has 11 heavy (non-hydrogen) atoms. The molecular formula is C8H7ClFN. The van der Waals surface area contributed by atoms with Crippen LogP contribution in [0.15, 0.2) is 18.2 Å². The number of hydrogen-bond donors (Lipinski definition) is 1. The Labute approximate surface area is 69.3 Å². The minimum absolute atomic E-state index is 0.289. The van der Waals surface area contributed by atoms with Crippen LogP contribution >= 0.6 is 11.6 Å². The van der Waals surface area contributed by atoms with Crippen molar-refractivity contribution in [3.63, 3.8) is 0 Å². The second kappa shape index (κ2) is 3.01. The summed E-state index contributed by atoms with van der Waals surface area (Å²) in [5.74, 6) is -0.375. The van der Waals surface area contributed by atoms with Crippen LogP contribution in [0.1, 0.15) is 12.5 Å². The normalized spacial score (nSPS) is 9.73. The largest absolute Gasteiger partial charge is 0.305 e. The van der Waals surface area contributed by atoms with Gasteiger partial charge in [-0.2, -0.15) is 0 Å². The van der Waals surface area contributed by atoms with Crippen molar-refractivity contribution in [2.45, 2.75) is 6.92 Å². The molecule has 0 aliphatic heterocycles. The van der Waals surface area contributed by atoms with Crippen molar-refractivity contribution >= 4 is 17.3 Å². The van der Waals surface area contributed by atoms with Gasteiger partial charge in [0.05, 0.1) is 5.02 Å². The molecule has 0 unspecified atom stereocenters. The summed E-state index contributed by atoms with van der Waals surface area (Å²) >= 11 is 5.64. The van der Waals surface area contributed by atoms with Crippen molar-refractivity contribution < 1.29 is 4.39 Å². The molecule has 0 saturated heterocycles. The molecule has 3 heteroatoms. The number of rotatable bonds is 1. The van der Waals surface area contributed by atoms with Crippen molar-refractivity contribution in [3.05, 3.63) is 34.6 Å². The monoisotopic (exact) mass is 171 g/mol. The summed E-state index contributed by atoms with van der Waals surface area (Å²) in [6.45, 7) is 1.61. The molecule has 0 amide bonds. The lowest BCUT2D eigenvalue weighted by Gasteiger charge is -1.99. The minimum atomic E-state index is -0.375. The van der Waals surface area contributed by atoms with Gasteiger partial charge in [-0.25, -0.2) is 4.39 Å². The third-order valence-corrected chi connectivity index (χ3v) is 1.65. The first-order chi connectivity index (χ1) is 5.11. The fraction of sp³-hybridized carbons (Fsp3) is 0.125. The van der Waals surface area contributed by atoms with Crippen LogP contribution in [0.25, 0.3) is 0 Å². The Bertz CT molecular complexity index is 296. The van der Waals surface area contributed by atoms with Crippen LogP contribution in [0.3, 0.4) is 0 Å². The highest BCUT2D eigenvalue weighted by Gasteiger charge is 2.02. The van der Waals surface area contributed by atoms with Crippen LogP contribution in [0, 0.1) is 11.2 Å². The molecule has 0 heterocycles. The lowest BCUT2D eigenvalue weighted by Crippen LogP contribution is -1.93. The number of benzene rings is 1. The number of halogens is 2. The summed E-state index contributed by atoms with van der Waals surface area (Å²) in [7, 11) is 0. The predicted octanol–water partition coefficient (Wildman–Crippen LogP) is 2.87. The van der Waals surface area contributed by atoms with Crippen LogP contribution in [0.4, 0.5) is 4.39 Å². The zero-order chi connectivity index (χ0) is 8.43. The van der Waals surface area contributed by atoms with Gasteiger partial charge in [0.1, 0.15) is 5.82 Å². The van der Waals surface area contributed by atoms with E-state index in [-0.39, 0.29) is 10.8 Å². The van der Waals surface area contributed by atoms with Crippen molar-refractivity contribution in [2.75, 3.05) is 0 Å². The minimum Gasteiger partial charge on any atom is -0.305 e. The fourth-order valence-electron chi connectivity index (χ4n) is 0.794. The molecule has 1 aromatic rings. The molecule has 1 N–H and O–H groups in total. The summed E-state index contributed by atoms with van der Waals surface area (Å²) in [6.07, 6.45) is 0. The molecule has 1 aromatic carbocycles. The molecule has 0 atom stereocenters. The van der Waals surface area contributed by atoms with E-state index in [1.54, 1.807) is 6.92 Å². The van der Waals surface area contributed by atoms with E-state index in [4.69, 9.17) is 17.0 Å². The molecule has 0 radical (unpaired) electrons. The zero-order valence-electron chi connectivity index (χ0n) is 5.99. The van der Waals surface area contributed by atoms with Crippen molar-refractivity contribution in [2.24, 2.45) is 0 Å². The van der Waals surface area contributed by atoms with Gasteiger partial charge >= 0.3 is 0 Å². The first kappa shape index (κ1) is 8.21. The molecule has 0 aliphatic rings. The average Bonchev–Trinajstić information content (AvgIpc) is 1.85. The summed E-state index contributed by atoms with van der Waals surface area (Å²) in [4.78, 5) is 0. The predicted molar refractivity (Wildman–Crippen MR) is 43.9 cm³/mol. The van der Waals surface area contributed by atoms with Crippen LogP contribution in [0.2, 0.25) is 5.02 Å². The van der Waals surface area contributed by atoms with Crippen LogP contribution in [-0.4, -0.2) is 5.71 Å². The highest BCUT2D eigenvalue weighted by molar-refractivity contribution is 6.34. The maximum atomic E-state index is 12.5. The van der Waals surface area contributed by atoms with E-state index in [1.165, 1.54) is 18.2 Å². The summed E-state index contributed by atoms with van der Waals surface area (Å²) in [5.41, 5.74) is 0.920. The summed E-state index contributed by atoms with van der Waals surface area (Å²) in [5, 5.41) is 7.53. The van der Waals surface area contributed by atoms with Gasteiger partial charge < -0.3 is 5.41 Å². The Kier molecular flexibility index (Phi) is 2.25. The first-order valence-electron chi connectivity index (χ1n) is 3.12. The fourth-order valence-corrected chi connectivity index (χ4v) is 1.10. The molecule has 0 aromatic heterocycles. The van der Waals surface area contributed by atoms with Gasteiger partial charge in [0, 0.05) is 11.3 Å². The molecule has 0 saturated carbocycles. The smallest absolute Gasteiger partial charge is 0.124 e. The Morgan fingerprint density at radius 1 is 1.55 bits per heavy atom. The summed E-state index contributed by atoms with van der Waals surface area (Å²) in [6, 6.07) is 3.99. The molecular weight excluding hydrogens is 165 g/mol. The van der Waals surface area contributed by atoms with E-state index in [0.717, 1.165) is 0 Å². The van der Waals surface area contributed by atoms with E-state index < -0.39 is 0 Å². The van der Waals surface area contributed by atoms with Gasteiger partial charge in [-0.3, -0.25) is 0 Å². The Balaban J connectivity index is 3.20. The molecule has 58 valence electrons. The molecule has 0 aliphatic carbocycles. The molecule has 0 bridgehead atoms. The number of nitrogens with one attached hydrogen (secondary N) is 1. The maximum Gasteiger partial charge on any atom is 0.124 e. The van der Waals surface area contributed by atoms with E-state index in [2.05, 4.69) is 0 Å². The van der Waals surface area contributed by atoms with E-state index in [1.807, 2.05) is 0 Å². The highest BCUT2D eigenvalue weighted by Crippen LogP contribution is 2.17. The van der Waals surface area contributed by atoms with Gasteiger partial charge in [-0.1, -0.05) is 11.6 Å². The van der Waals surface area contributed by atoms with E-state index in [0.29, 0.717) is 11.3 Å². The maximum absolute atomic E-state index is 12.5. The third-order valence-electron chi connectivity index (χ3n) is 1.34. The summed E-state index contributed by atoms with van der Waals surface area (Å²) < 4.78 is 12.5. The van der Waals surface area contributed by atoms with Gasteiger partial charge in [0.25, 0.3) is 0 Å². The van der Waals surface area contributed by atoms with E-state index in [9.17, 15) is 4.39 Å². The number of hydrogen-bond acceptors (Lipinski definition) is 1. The molecule has 1 rings (SSSR count). The second-order valence-corrected chi connectivity index (χ2v) is 2.66. The van der Waals surface area contributed by atoms with Gasteiger partial charge in [-0.15, -0.1) is 0 Å². The Hall–Kier alpha value is -0.890. The lowest BCUT2D eigenvalue weighted by atomic mass is 10.1. The van der Waals surface area contributed by atoms with Crippen molar-refractivity contribution in [1.82, 2.24) is 0 Å². The lowest BCUT2D eigenvalue weighted by molar-refractivity contribution is 0.628. The zero-order valence-corrected chi connectivity index (χ0v) is 6.74. The first-order valence-corrected chi connectivity index (χ1v) is 3.49. The van der Waals surface area contributed by atoms with Gasteiger partial charge in [0.2, 0.25) is 0 Å². The molecule has 0 spiro atoms. The van der Waals surface area contributed by atoms with Crippen LogP contribution in [-0.2, 0) is 0 Å². The topological polar surface area (TPSA) is 23.9 Å². The average molecular weight is 172 g/mol. The molecule has 1 nitrogen and oxygen atoms in total. The van der Waals surface area contributed by atoms with Crippen LogP contribution < -0.4 is 0 Å². The second-order valence-electron chi connectivity index (χ2n) is 2.25. The van der Waals surface area contributed by atoms with Crippen molar-refractivity contribution in [3.8, 4) is 0 Å². The molecule has 0 fully saturated rings. The Morgan fingerprint density at radius 2 is 2.18 bits per heavy atom. The van der Waals surface area contributed by atoms with Gasteiger partial charge in [0.15, 0.2) is 0 Å². The van der Waals surface area contributed by atoms with Crippen LogP contribution in [0.5, 0.6) is 0 Å². The quantitative estimate of drug-likeness (QED) is 0.629. The standard InChI is InChI=1S/C8H7ClFN/c1-5(11)7-3-2-6(10)4-8(7)9/h2-4,11H,1H3. The van der Waals surface area contributed by atoms with Crippen molar-refractivity contribution in [1.29, 1.82) is 5.41 Å². The van der Waals surface area contributed by atoms with Gasteiger partial charge in [-0.05, 0) is 25.1 Å².